The number of halogens is 3. The fraction of sp³-hybridized carbons (Fsp3) is 0.278. The Kier molecular flexibility index (Phi) is 5.78. The van der Waals surface area contributed by atoms with Crippen molar-refractivity contribution in [1.29, 1.82) is 0 Å². The van der Waals surface area contributed by atoms with Crippen LogP contribution in [0.4, 0.5) is 19.0 Å². The molecule has 11 heteroatoms. The van der Waals surface area contributed by atoms with E-state index in [2.05, 4.69) is 25.1 Å². The molecule has 0 atom stereocenters. The highest BCUT2D eigenvalue weighted by Gasteiger charge is 2.34. The molecule has 0 radical (unpaired) electrons. The molecule has 0 aliphatic heterocycles. The lowest BCUT2D eigenvalue weighted by atomic mass is 10.3. The number of hydrogen-bond donors (Lipinski definition) is 0. The summed E-state index contributed by atoms with van der Waals surface area (Å²) < 4.78 is 39.2. The number of oxime groups is 1. The van der Waals surface area contributed by atoms with Crippen LogP contribution in [0.2, 0.25) is 0 Å². The third-order valence-electron chi connectivity index (χ3n) is 3.74. The first-order valence-electron chi connectivity index (χ1n) is 8.38. The van der Waals surface area contributed by atoms with E-state index in [-0.39, 0.29) is 5.82 Å². The summed E-state index contributed by atoms with van der Waals surface area (Å²) in [5.41, 5.74) is 0.921. The summed E-state index contributed by atoms with van der Waals surface area (Å²) in [6.07, 6.45) is -1.26. The standard InChI is InChI=1S/C18H17F3N6OS/c1-10-15(29-16(23-10)12-6-5-7-22-9-12)11(2)26-28-17-24-13(18(19,20)21)8-14(25-17)27(3)4/h5-9H,1-4H3. The van der Waals surface area contributed by atoms with Crippen molar-refractivity contribution in [2.24, 2.45) is 5.16 Å². The molecule has 3 aromatic heterocycles. The van der Waals surface area contributed by atoms with Gasteiger partial charge in [0.1, 0.15) is 10.8 Å². The number of rotatable bonds is 5. The van der Waals surface area contributed by atoms with Crippen molar-refractivity contribution in [3.8, 4) is 16.6 Å². The van der Waals surface area contributed by atoms with Gasteiger partial charge in [-0.05, 0) is 26.0 Å². The highest BCUT2D eigenvalue weighted by molar-refractivity contribution is 7.17. The third kappa shape index (κ3) is 4.86. The van der Waals surface area contributed by atoms with Crippen molar-refractivity contribution in [3.05, 3.63) is 46.9 Å². The van der Waals surface area contributed by atoms with Crippen LogP contribution in [0.3, 0.4) is 0 Å². The molecule has 0 aliphatic carbocycles. The number of thiazole rings is 1. The molecular formula is C18H17F3N6OS. The lowest BCUT2D eigenvalue weighted by Crippen LogP contribution is -2.16. The van der Waals surface area contributed by atoms with Gasteiger partial charge in [-0.3, -0.25) is 4.98 Å². The van der Waals surface area contributed by atoms with E-state index < -0.39 is 17.9 Å². The molecule has 0 saturated heterocycles. The van der Waals surface area contributed by atoms with Gasteiger partial charge in [-0.1, -0.05) is 5.16 Å². The summed E-state index contributed by atoms with van der Waals surface area (Å²) in [7, 11) is 3.14. The zero-order valence-electron chi connectivity index (χ0n) is 16.0. The maximum Gasteiger partial charge on any atom is 0.433 e. The summed E-state index contributed by atoms with van der Waals surface area (Å²) in [6.45, 7) is 3.49. The maximum atomic E-state index is 13.1. The van der Waals surface area contributed by atoms with Crippen molar-refractivity contribution in [2.45, 2.75) is 20.0 Å². The lowest BCUT2D eigenvalue weighted by molar-refractivity contribution is -0.141. The van der Waals surface area contributed by atoms with Crippen molar-refractivity contribution in [3.63, 3.8) is 0 Å². The van der Waals surface area contributed by atoms with Crippen molar-refractivity contribution >= 4 is 22.9 Å². The molecular weight excluding hydrogens is 405 g/mol. The first-order chi connectivity index (χ1) is 13.6. The Bertz CT molecular complexity index is 1030. The first-order valence-corrected chi connectivity index (χ1v) is 9.20. The van der Waals surface area contributed by atoms with Gasteiger partial charge < -0.3 is 9.74 Å². The second kappa shape index (κ2) is 8.11. The highest BCUT2D eigenvalue weighted by atomic mass is 32.1. The summed E-state index contributed by atoms with van der Waals surface area (Å²) in [6, 6.07) is 4.05. The average molecular weight is 422 g/mol. The van der Waals surface area contributed by atoms with Gasteiger partial charge in [-0.25, -0.2) is 4.98 Å². The van der Waals surface area contributed by atoms with E-state index in [1.54, 1.807) is 33.4 Å². The second-order valence-corrected chi connectivity index (χ2v) is 7.23. The Balaban J connectivity index is 1.88. The predicted octanol–water partition coefficient (Wildman–Crippen LogP) is 4.19. The summed E-state index contributed by atoms with van der Waals surface area (Å²) in [5.74, 6) is 0.0583. The van der Waals surface area contributed by atoms with E-state index >= 15 is 0 Å². The van der Waals surface area contributed by atoms with Crippen LogP contribution in [0, 0.1) is 6.92 Å². The smallest absolute Gasteiger partial charge is 0.363 e. The minimum atomic E-state index is -4.63. The van der Waals surface area contributed by atoms with E-state index in [9.17, 15) is 13.2 Å². The Labute approximate surface area is 168 Å². The molecule has 0 unspecified atom stereocenters. The summed E-state index contributed by atoms with van der Waals surface area (Å²) in [5, 5.41) is 4.67. The molecule has 3 heterocycles. The average Bonchev–Trinajstić information content (AvgIpc) is 3.07. The lowest BCUT2D eigenvalue weighted by Gasteiger charge is -2.14. The van der Waals surface area contributed by atoms with Crippen LogP contribution in [0.1, 0.15) is 23.2 Å². The molecule has 0 aromatic carbocycles. The Hall–Kier alpha value is -3.08. The van der Waals surface area contributed by atoms with Gasteiger partial charge in [0.2, 0.25) is 0 Å². The quantitative estimate of drug-likeness (QED) is 0.453. The molecule has 0 N–H and O–H groups in total. The molecule has 0 aliphatic rings. The molecule has 0 spiro atoms. The maximum absolute atomic E-state index is 13.1. The minimum absolute atomic E-state index is 0.0583. The third-order valence-corrected chi connectivity index (χ3v) is 5.05. The van der Waals surface area contributed by atoms with E-state index in [1.165, 1.54) is 16.2 Å². The van der Waals surface area contributed by atoms with Gasteiger partial charge in [-0.15, -0.1) is 11.3 Å². The van der Waals surface area contributed by atoms with Gasteiger partial charge in [-0.2, -0.15) is 23.1 Å². The number of aromatic nitrogens is 4. The van der Waals surface area contributed by atoms with Gasteiger partial charge in [0.25, 0.3) is 0 Å². The van der Waals surface area contributed by atoms with Crippen LogP contribution < -0.4 is 9.74 Å². The molecule has 0 saturated carbocycles. The van der Waals surface area contributed by atoms with Crippen LogP contribution in [0.15, 0.2) is 35.7 Å². The van der Waals surface area contributed by atoms with Crippen LogP contribution in [0.5, 0.6) is 6.01 Å². The zero-order valence-corrected chi connectivity index (χ0v) is 16.8. The van der Waals surface area contributed by atoms with Gasteiger partial charge in [0.05, 0.1) is 16.3 Å². The highest BCUT2D eigenvalue weighted by Crippen LogP contribution is 2.31. The normalized spacial score (nSPS) is 12.2. The fourth-order valence-electron chi connectivity index (χ4n) is 2.32. The van der Waals surface area contributed by atoms with E-state index in [0.29, 0.717) is 5.71 Å². The van der Waals surface area contributed by atoms with Gasteiger partial charge in [0.15, 0.2) is 5.69 Å². The Morgan fingerprint density at radius 1 is 1.21 bits per heavy atom. The topological polar surface area (TPSA) is 76.4 Å². The number of nitrogens with zero attached hydrogens (tertiary/aromatic N) is 6. The van der Waals surface area contributed by atoms with Gasteiger partial charge >= 0.3 is 12.2 Å². The summed E-state index contributed by atoms with van der Waals surface area (Å²) >= 11 is 1.38. The van der Waals surface area contributed by atoms with Crippen LogP contribution in [-0.4, -0.2) is 39.7 Å². The SMILES string of the molecule is CC(=NOc1nc(N(C)C)cc(C(F)(F)F)n1)c1sc(-c2cccnc2)nc1C. The summed E-state index contributed by atoms with van der Waals surface area (Å²) in [4.78, 5) is 23.2. The minimum Gasteiger partial charge on any atom is -0.363 e. The molecule has 0 bridgehead atoms. The Morgan fingerprint density at radius 2 is 1.97 bits per heavy atom. The second-order valence-electron chi connectivity index (χ2n) is 6.23. The van der Waals surface area contributed by atoms with Crippen molar-refractivity contribution in [2.75, 3.05) is 19.0 Å². The van der Waals surface area contributed by atoms with E-state index in [4.69, 9.17) is 4.84 Å². The molecule has 3 rings (SSSR count). The van der Waals surface area contributed by atoms with E-state index in [0.717, 1.165) is 27.2 Å². The van der Waals surface area contributed by atoms with Crippen LogP contribution in [0.25, 0.3) is 10.6 Å². The molecule has 3 aromatic rings. The number of aryl methyl sites for hydroxylation is 1. The molecule has 0 fully saturated rings. The first kappa shape index (κ1) is 20.6. The predicted molar refractivity (Wildman–Crippen MR) is 104 cm³/mol. The molecule has 7 nitrogen and oxygen atoms in total. The monoisotopic (exact) mass is 422 g/mol. The van der Waals surface area contributed by atoms with E-state index in [1.807, 2.05) is 19.1 Å². The number of hydrogen-bond acceptors (Lipinski definition) is 8. The van der Waals surface area contributed by atoms with Crippen molar-refractivity contribution in [1.82, 2.24) is 19.9 Å². The molecule has 0 amide bonds. The van der Waals surface area contributed by atoms with Crippen molar-refractivity contribution < 1.29 is 18.0 Å². The molecule has 152 valence electrons. The molecule has 29 heavy (non-hydrogen) atoms. The van der Waals surface area contributed by atoms with Crippen LogP contribution >= 0.6 is 11.3 Å². The fourth-order valence-corrected chi connectivity index (χ4v) is 3.32. The number of anilines is 1. The Morgan fingerprint density at radius 3 is 2.59 bits per heavy atom. The van der Waals surface area contributed by atoms with Crippen LogP contribution in [-0.2, 0) is 6.18 Å². The zero-order chi connectivity index (χ0) is 21.2. The number of alkyl halides is 3. The van der Waals surface area contributed by atoms with Gasteiger partial charge in [0, 0.05) is 38.1 Å². The number of pyridine rings is 1. The largest absolute Gasteiger partial charge is 0.433 e.